The van der Waals surface area contributed by atoms with Crippen molar-refractivity contribution in [3.05, 3.63) is 60.9 Å². The first-order chi connectivity index (χ1) is 15.2. The number of rotatable bonds is 4. The number of benzene rings is 2. The molecule has 3 heterocycles. The van der Waals surface area contributed by atoms with Crippen molar-refractivity contribution in [2.45, 2.75) is 12.1 Å². The van der Waals surface area contributed by atoms with E-state index in [0.717, 1.165) is 17.1 Å². The van der Waals surface area contributed by atoms with E-state index in [1.807, 2.05) is 24.3 Å². The maximum Gasteiger partial charge on any atom is 0.456 e. The Morgan fingerprint density at radius 2 is 1.59 bits per heavy atom. The molecule has 3 aromatic heterocycles. The summed E-state index contributed by atoms with van der Waals surface area (Å²) < 4.78 is 70.8. The van der Waals surface area contributed by atoms with Crippen LogP contribution in [0.3, 0.4) is 0 Å². The van der Waals surface area contributed by atoms with Crippen molar-refractivity contribution in [1.82, 2.24) is 25.1 Å². The highest BCUT2D eigenvalue weighted by Gasteiger charge is 2.58. The molecular weight excluding hydrogens is 437 g/mol. The van der Waals surface area contributed by atoms with E-state index in [4.69, 9.17) is 4.52 Å². The quantitative estimate of drug-likeness (QED) is 0.359. The number of aromatic amines is 2. The molecule has 2 aromatic carbocycles. The van der Waals surface area contributed by atoms with Gasteiger partial charge in [-0.1, -0.05) is 24.3 Å². The number of para-hydroxylation sites is 4. The summed E-state index contributed by atoms with van der Waals surface area (Å²) in [5.41, 5.74) is 3.45. The van der Waals surface area contributed by atoms with Gasteiger partial charge in [-0.3, -0.25) is 0 Å². The van der Waals surface area contributed by atoms with Crippen LogP contribution in [0.4, 0.5) is 22.0 Å². The van der Waals surface area contributed by atoms with Gasteiger partial charge >= 0.3 is 12.1 Å². The monoisotopic (exact) mass is 451 g/mol. The summed E-state index contributed by atoms with van der Waals surface area (Å²) in [4.78, 5) is 14.1. The van der Waals surface area contributed by atoms with Crippen LogP contribution in [0.25, 0.3) is 33.7 Å². The minimum Gasteiger partial charge on any atom is -0.469 e. The summed E-state index contributed by atoms with van der Waals surface area (Å²) in [6, 6.07) is 16.0. The van der Waals surface area contributed by atoms with E-state index >= 15 is 0 Å². The van der Waals surface area contributed by atoms with Crippen LogP contribution in [-0.2, 0) is 0 Å². The molecule has 2 N–H and O–H groups in total. The van der Waals surface area contributed by atoms with Gasteiger partial charge in [0.25, 0.3) is 5.88 Å². The molecule has 0 aliphatic heterocycles. The van der Waals surface area contributed by atoms with Gasteiger partial charge in [0.15, 0.2) is 12.4 Å². The Kier molecular flexibility index (Phi) is 5.51. The summed E-state index contributed by atoms with van der Waals surface area (Å²) in [5, 5.41) is 3.29. The van der Waals surface area contributed by atoms with E-state index in [1.165, 1.54) is 0 Å². The molecule has 7 nitrogen and oxygen atoms in total. The number of ether oxygens (including phenoxy) is 1. The summed E-state index contributed by atoms with van der Waals surface area (Å²) >= 11 is 0. The molecule has 0 atom stereocenters. The first-order valence-corrected chi connectivity index (χ1v) is 9.10. The van der Waals surface area contributed by atoms with E-state index in [-0.39, 0.29) is 11.6 Å². The number of aromatic nitrogens is 5. The number of H-pyrrole nitrogens is 2. The largest absolute Gasteiger partial charge is 0.469 e. The van der Waals surface area contributed by atoms with Crippen molar-refractivity contribution in [2.75, 3.05) is 6.61 Å². The molecule has 5 aromatic rings. The third-order valence-corrected chi connectivity index (χ3v) is 4.26. The van der Waals surface area contributed by atoms with E-state index in [9.17, 15) is 22.0 Å². The Labute approximate surface area is 176 Å². The van der Waals surface area contributed by atoms with E-state index in [0.29, 0.717) is 11.0 Å². The van der Waals surface area contributed by atoms with Gasteiger partial charge in [-0.2, -0.15) is 22.0 Å². The van der Waals surface area contributed by atoms with E-state index in [1.54, 1.807) is 30.6 Å². The molecule has 0 aliphatic carbocycles. The molecule has 0 fully saturated rings. The third-order valence-electron chi connectivity index (χ3n) is 4.26. The first kappa shape index (κ1) is 21.3. The van der Waals surface area contributed by atoms with Crippen molar-refractivity contribution in [3.8, 4) is 17.5 Å². The lowest BCUT2D eigenvalue weighted by molar-refractivity contribution is -0.290. The van der Waals surface area contributed by atoms with Gasteiger partial charge in [-0.15, -0.1) is 0 Å². The van der Waals surface area contributed by atoms with Gasteiger partial charge in [0, 0.05) is 0 Å². The zero-order valence-corrected chi connectivity index (χ0v) is 16.0. The average molecular weight is 451 g/mol. The third kappa shape index (κ3) is 4.53. The standard InChI is InChI=1S/C13H8F5N3O2.C7H6N2/c14-12(15,13(16,17)18)6-22-10-5-9(23-21-10)11-19-7-3-1-2-4-8(7)20-11;1-2-4-7-6(3-1)8-5-9-7/h1-5H,6H2,(H,19,20);1-5H,(H,8,9). The van der Waals surface area contributed by atoms with Crippen LogP contribution >= 0.6 is 0 Å². The molecule has 0 amide bonds. The summed E-state index contributed by atoms with van der Waals surface area (Å²) in [6.45, 7) is -1.89. The molecular formula is C20H14F5N5O2. The zero-order valence-electron chi connectivity index (χ0n) is 16.0. The number of alkyl halides is 5. The highest BCUT2D eigenvalue weighted by Crippen LogP contribution is 2.36. The fraction of sp³-hybridized carbons (Fsp3) is 0.150. The van der Waals surface area contributed by atoms with Gasteiger partial charge in [-0.25, -0.2) is 9.97 Å². The lowest BCUT2D eigenvalue weighted by atomic mass is 10.3. The normalized spacial score (nSPS) is 12.0. The molecule has 0 radical (unpaired) electrons. The molecule has 5 rings (SSSR count). The minimum atomic E-state index is -5.70. The molecule has 32 heavy (non-hydrogen) atoms. The molecule has 0 saturated carbocycles. The number of fused-ring (bicyclic) bond motifs is 2. The fourth-order valence-electron chi connectivity index (χ4n) is 2.63. The second kappa shape index (κ2) is 8.29. The maximum absolute atomic E-state index is 12.8. The Hall–Kier alpha value is -3.96. The number of hydrogen-bond donors (Lipinski definition) is 2. The van der Waals surface area contributed by atoms with E-state index in [2.05, 4.69) is 29.8 Å². The van der Waals surface area contributed by atoms with E-state index < -0.39 is 24.6 Å². The van der Waals surface area contributed by atoms with Crippen molar-refractivity contribution in [2.24, 2.45) is 0 Å². The summed E-state index contributed by atoms with van der Waals surface area (Å²) in [7, 11) is 0. The second-order valence-electron chi connectivity index (χ2n) is 6.54. The van der Waals surface area contributed by atoms with Crippen molar-refractivity contribution in [1.29, 1.82) is 0 Å². The maximum atomic E-state index is 12.8. The molecule has 0 saturated heterocycles. The lowest BCUT2D eigenvalue weighted by Crippen LogP contribution is -2.41. The van der Waals surface area contributed by atoms with Gasteiger partial charge in [0.2, 0.25) is 5.76 Å². The average Bonchev–Trinajstić information content (AvgIpc) is 3.50. The molecule has 0 aliphatic rings. The number of nitrogens with one attached hydrogen (secondary N) is 2. The second-order valence-corrected chi connectivity index (χ2v) is 6.54. The number of nitrogens with zero attached hydrogens (tertiary/aromatic N) is 3. The van der Waals surface area contributed by atoms with Crippen LogP contribution in [-0.4, -0.2) is 43.8 Å². The molecule has 0 bridgehead atoms. The SMILES string of the molecule is FC(F)(F)C(F)(F)COc1cc(-c2nc3ccccc3[nH]2)on1.c1ccc2[nH]cnc2c1. The topological polar surface area (TPSA) is 92.6 Å². The van der Waals surface area contributed by atoms with Gasteiger partial charge in [-0.05, 0) is 29.4 Å². The highest BCUT2D eigenvalue weighted by atomic mass is 19.4. The zero-order chi connectivity index (χ0) is 22.8. The minimum absolute atomic E-state index is 0.0477. The Bertz CT molecular complexity index is 1260. The van der Waals surface area contributed by atoms with Crippen LogP contribution in [0.1, 0.15) is 0 Å². The van der Waals surface area contributed by atoms with Gasteiger partial charge in [0.1, 0.15) is 0 Å². The lowest BCUT2D eigenvalue weighted by Gasteiger charge is -2.18. The van der Waals surface area contributed by atoms with Crippen LogP contribution < -0.4 is 4.74 Å². The summed E-state index contributed by atoms with van der Waals surface area (Å²) in [6.07, 6.45) is -4.00. The van der Waals surface area contributed by atoms with Gasteiger partial charge in [0.05, 0.1) is 34.5 Å². The van der Waals surface area contributed by atoms with Crippen molar-refractivity contribution >= 4 is 22.1 Å². The van der Waals surface area contributed by atoms with Crippen LogP contribution in [0.5, 0.6) is 5.88 Å². The summed E-state index contributed by atoms with van der Waals surface area (Å²) in [5.74, 6) is -5.18. The fourth-order valence-corrected chi connectivity index (χ4v) is 2.63. The van der Waals surface area contributed by atoms with Crippen molar-refractivity contribution < 1.29 is 31.2 Å². The number of hydrogen-bond acceptors (Lipinski definition) is 5. The number of halogens is 5. The first-order valence-electron chi connectivity index (χ1n) is 9.10. The van der Waals surface area contributed by atoms with Gasteiger partial charge < -0.3 is 19.2 Å². The smallest absolute Gasteiger partial charge is 0.456 e. The van der Waals surface area contributed by atoms with Crippen LogP contribution in [0.2, 0.25) is 0 Å². The highest BCUT2D eigenvalue weighted by molar-refractivity contribution is 5.78. The predicted molar refractivity (Wildman–Crippen MR) is 104 cm³/mol. The molecule has 12 heteroatoms. The Morgan fingerprint density at radius 1 is 0.906 bits per heavy atom. The van der Waals surface area contributed by atoms with Crippen molar-refractivity contribution in [3.63, 3.8) is 0 Å². The Morgan fingerprint density at radius 3 is 2.28 bits per heavy atom. The van der Waals surface area contributed by atoms with Crippen LogP contribution in [0, 0.1) is 0 Å². The van der Waals surface area contributed by atoms with Crippen LogP contribution in [0.15, 0.2) is 65.4 Å². The molecule has 166 valence electrons. The molecule has 0 spiro atoms. The number of imidazole rings is 2. The molecule has 0 unspecified atom stereocenters. The Balaban J connectivity index is 0.000000225. The predicted octanol–water partition coefficient (Wildman–Crippen LogP) is 5.36.